The SMILES string of the molecule is COCCCCc1ccc2nc(-c3ccc(C4(NC(=O)OC(C)(C)C)CCC4)cc3)c(-c3ccccc3)n2c1. The van der Waals surface area contributed by atoms with Gasteiger partial charge in [-0.25, -0.2) is 9.78 Å². The molecular weight excluding hydrogens is 486 g/mol. The van der Waals surface area contributed by atoms with Gasteiger partial charge in [-0.1, -0.05) is 60.7 Å². The third-order valence-electron chi connectivity index (χ3n) is 7.45. The van der Waals surface area contributed by atoms with Gasteiger partial charge >= 0.3 is 6.09 Å². The fourth-order valence-electron chi connectivity index (χ4n) is 5.35. The molecule has 2 aromatic heterocycles. The summed E-state index contributed by atoms with van der Waals surface area (Å²) in [7, 11) is 1.75. The van der Waals surface area contributed by atoms with Gasteiger partial charge in [0.2, 0.25) is 0 Å². The second kappa shape index (κ2) is 11.2. The molecule has 0 bridgehead atoms. The lowest BCUT2D eigenvalue weighted by Crippen LogP contribution is -2.52. The van der Waals surface area contributed by atoms with Gasteiger partial charge in [0.1, 0.15) is 11.2 Å². The van der Waals surface area contributed by atoms with Crippen molar-refractivity contribution in [3.63, 3.8) is 0 Å². The molecule has 0 saturated heterocycles. The molecule has 1 aliphatic carbocycles. The Kier molecular flexibility index (Phi) is 7.76. The normalized spacial score (nSPS) is 14.7. The molecule has 1 saturated carbocycles. The molecule has 0 aliphatic heterocycles. The Labute approximate surface area is 231 Å². The van der Waals surface area contributed by atoms with E-state index in [4.69, 9.17) is 14.5 Å². The minimum atomic E-state index is -0.528. The molecule has 39 heavy (non-hydrogen) atoms. The van der Waals surface area contributed by atoms with Gasteiger partial charge in [-0.2, -0.15) is 0 Å². The zero-order valence-corrected chi connectivity index (χ0v) is 23.5. The van der Waals surface area contributed by atoms with Crippen molar-refractivity contribution in [2.24, 2.45) is 0 Å². The number of aryl methyl sites for hydroxylation is 1. The van der Waals surface area contributed by atoms with Crippen LogP contribution in [0.2, 0.25) is 0 Å². The zero-order valence-electron chi connectivity index (χ0n) is 23.5. The number of nitrogens with one attached hydrogen (secondary N) is 1. The minimum Gasteiger partial charge on any atom is -0.444 e. The van der Waals surface area contributed by atoms with Gasteiger partial charge in [-0.15, -0.1) is 0 Å². The Hall–Kier alpha value is -3.64. The first-order valence-electron chi connectivity index (χ1n) is 14.0. The highest BCUT2D eigenvalue weighted by molar-refractivity contribution is 5.82. The van der Waals surface area contributed by atoms with Crippen LogP contribution in [0.3, 0.4) is 0 Å². The van der Waals surface area contributed by atoms with E-state index in [-0.39, 0.29) is 11.6 Å². The predicted molar refractivity (Wildman–Crippen MR) is 156 cm³/mol. The fourth-order valence-corrected chi connectivity index (χ4v) is 5.35. The molecule has 0 unspecified atom stereocenters. The highest BCUT2D eigenvalue weighted by Crippen LogP contribution is 2.42. The number of rotatable bonds is 9. The fraction of sp³-hybridized carbons (Fsp3) is 0.394. The van der Waals surface area contributed by atoms with Crippen LogP contribution in [0.15, 0.2) is 72.9 Å². The number of amides is 1. The van der Waals surface area contributed by atoms with Crippen molar-refractivity contribution < 1.29 is 14.3 Å². The van der Waals surface area contributed by atoms with Crippen LogP contribution >= 0.6 is 0 Å². The van der Waals surface area contributed by atoms with Crippen molar-refractivity contribution in [2.45, 2.75) is 70.4 Å². The third-order valence-corrected chi connectivity index (χ3v) is 7.45. The number of aromatic nitrogens is 2. The van der Waals surface area contributed by atoms with E-state index >= 15 is 0 Å². The summed E-state index contributed by atoms with van der Waals surface area (Å²) in [6.45, 7) is 6.45. The largest absolute Gasteiger partial charge is 0.444 e. The number of carbonyl (C=O) groups excluding carboxylic acids is 1. The maximum Gasteiger partial charge on any atom is 0.408 e. The number of ether oxygens (including phenoxy) is 2. The Bertz CT molecular complexity index is 1410. The second-order valence-corrected chi connectivity index (χ2v) is 11.5. The lowest BCUT2D eigenvalue weighted by molar-refractivity contribution is 0.0377. The number of pyridine rings is 1. The van der Waals surface area contributed by atoms with Crippen molar-refractivity contribution in [2.75, 3.05) is 13.7 Å². The van der Waals surface area contributed by atoms with Crippen LogP contribution in [-0.2, 0) is 21.4 Å². The van der Waals surface area contributed by atoms with Crippen LogP contribution in [0.5, 0.6) is 0 Å². The van der Waals surface area contributed by atoms with Crippen molar-refractivity contribution >= 4 is 11.7 Å². The van der Waals surface area contributed by atoms with Gasteiger partial charge in [0.25, 0.3) is 0 Å². The molecule has 204 valence electrons. The number of alkyl carbamates (subject to hydrolysis) is 1. The smallest absolute Gasteiger partial charge is 0.408 e. The van der Waals surface area contributed by atoms with Crippen molar-refractivity contribution in [1.29, 1.82) is 0 Å². The van der Waals surface area contributed by atoms with Gasteiger partial charge in [-0.05, 0) is 76.5 Å². The Morgan fingerprint density at radius 2 is 1.72 bits per heavy atom. The molecule has 0 radical (unpaired) electrons. The number of hydrogen-bond acceptors (Lipinski definition) is 4. The van der Waals surface area contributed by atoms with Crippen molar-refractivity contribution in [3.8, 4) is 22.5 Å². The van der Waals surface area contributed by atoms with Crippen LogP contribution in [0.4, 0.5) is 4.79 Å². The number of nitrogens with zero attached hydrogens (tertiary/aromatic N) is 2. The minimum absolute atomic E-state index is 0.365. The first-order valence-corrected chi connectivity index (χ1v) is 14.0. The molecule has 4 aromatic rings. The third kappa shape index (κ3) is 6.01. The molecule has 6 heteroatoms. The molecule has 1 fully saturated rings. The van der Waals surface area contributed by atoms with Crippen LogP contribution in [0.25, 0.3) is 28.2 Å². The monoisotopic (exact) mass is 525 g/mol. The molecule has 1 N–H and O–H groups in total. The standard InChI is InChI=1S/C33H39N3O3/c1-32(2,3)39-31(37)35-33(20-10-21-33)27-17-15-25(16-18-27)29-30(26-12-6-5-7-13-26)36-23-24(11-8-9-22-38-4)14-19-28(36)34-29/h5-7,12-19,23H,8-11,20-22H2,1-4H3,(H,35,37). The lowest BCUT2D eigenvalue weighted by Gasteiger charge is -2.43. The van der Waals surface area contributed by atoms with Gasteiger partial charge < -0.3 is 14.8 Å². The van der Waals surface area contributed by atoms with Crippen LogP contribution < -0.4 is 5.32 Å². The van der Waals surface area contributed by atoms with E-state index in [1.165, 1.54) is 5.56 Å². The van der Waals surface area contributed by atoms with E-state index in [2.05, 4.69) is 76.6 Å². The summed E-state index contributed by atoms with van der Waals surface area (Å²) in [5.41, 5.74) is 6.63. The number of imidazole rings is 1. The van der Waals surface area contributed by atoms with E-state index in [1.54, 1.807) is 7.11 Å². The number of fused-ring (bicyclic) bond motifs is 1. The summed E-state index contributed by atoms with van der Waals surface area (Å²) in [6, 6.07) is 23.3. The zero-order chi connectivity index (χ0) is 27.5. The molecule has 5 rings (SSSR count). The number of hydrogen-bond donors (Lipinski definition) is 1. The summed E-state index contributed by atoms with van der Waals surface area (Å²) >= 11 is 0. The second-order valence-electron chi connectivity index (χ2n) is 11.5. The summed E-state index contributed by atoms with van der Waals surface area (Å²) < 4.78 is 13.0. The average Bonchev–Trinajstić information content (AvgIpc) is 3.27. The van der Waals surface area contributed by atoms with E-state index in [0.29, 0.717) is 0 Å². The number of unbranched alkanes of at least 4 members (excludes halogenated alkanes) is 1. The topological polar surface area (TPSA) is 64.9 Å². The summed E-state index contributed by atoms with van der Waals surface area (Å²) in [4.78, 5) is 17.7. The van der Waals surface area contributed by atoms with E-state index in [9.17, 15) is 4.79 Å². The molecule has 0 spiro atoms. The number of methoxy groups -OCH3 is 1. The van der Waals surface area contributed by atoms with Crippen LogP contribution in [0, 0.1) is 0 Å². The van der Waals surface area contributed by atoms with Crippen LogP contribution in [-0.4, -0.2) is 34.8 Å². The Balaban J connectivity index is 1.47. The Morgan fingerprint density at radius 3 is 2.36 bits per heavy atom. The van der Waals surface area contributed by atoms with Crippen LogP contribution in [0.1, 0.15) is 64.0 Å². The molecule has 0 atom stereocenters. The summed E-state index contributed by atoms with van der Waals surface area (Å²) in [5.74, 6) is 0. The van der Waals surface area contributed by atoms with Gasteiger partial charge in [0.05, 0.1) is 16.9 Å². The van der Waals surface area contributed by atoms with Gasteiger partial charge in [0.15, 0.2) is 0 Å². The van der Waals surface area contributed by atoms with E-state index in [1.807, 2.05) is 26.8 Å². The van der Waals surface area contributed by atoms with Crippen molar-refractivity contribution in [1.82, 2.24) is 14.7 Å². The van der Waals surface area contributed by atoms with Crippen molar-refractivity contribution in [3.05, 3.63) is 84.1 Å². The average molecular weight is 526 g/mol. The lowest BCUT2D eigenvalue weighted by atomic mass is 9.71. The first-order chi connectivity index (χ1) is 18.8. The molecule has 1 aliphatic rings. The van der Waals surface area contributed by atoms with Gasteiger partial charge in [0, 0.05) is 31.0 Å². The van der Waals surface area contributed by atoms with E-state index < -0.39 is 5.60 Å². The highest BCUT2D eigenvalue weighted by atomic mass is 16.6. The first kappa shape index (κ1) is 26.9. The Morgan fingerprint density at radius 1 is 0.974 bits per heavy atom. The number of benzene rings is 2. The number of carbonyl (C=O) groups is 1. The van der Waals surface area contributed by atoms with Gasteiger partial charge in [-0.3, -0.25) is 4.40 Å². The molecule has 2 heterocycles. The molecule has 1 amide bonds. The maximum absolute atomic E-state index is 12.6. The maximum atomic E-state index is 12.6. The summed E-state index contributed by atoms with van der Waals surface area (Å²) in [5, 5.41) is 3.16. The highest BCUT2D eigenvalue weighted by Gasteiger charge is 2.41. The molecular formula is C33H39N3O3. The molecule has 6 nitrogen and oxygen atoms in total. The van der Waals surface area contributed by atoms with E-state index in [0.717, 1.165) is 78.9 Å². The predicted octanol–water partition coefficient (Wildman–Crippen LogP) is 7.54. The molecule has 2 aromatic carbocycles. The quantitative estimate of drug-likeness (QED) is 0.229. The summed E-state index contributed by atoms with van der Waals surface area (Å²) in [6.07, 6.45) is 7.89.